The minimum Gasteiger partial charge on any atom is -0.348 e. The van der Waals surface area contributed by atoms with Crippen molar-refractivity contribution in [3.63, 3.8) is 0 Å². The summed E-state index contributed by atoms with van der Waals surface area (Å²) in [5, 5.41) is 1.04. The molecular weight excluding hydrogens is 346 g/mol. The lowest BCUT2D eigenvalue weighted by Gasteiger charge is -2.41. The first-order valence-electron chi connectivity index (χ1n) is 8.74. The third kappa shape index (κ3) is 2.20. The summed E-state index contributed by atoms with van der Waals surface area (Å²) in [7, 11) is 3.91. The smallest absolute Gasteiger partial charge is 0.330 e. The van der Waals surface area contributed by atoms with E-state index in [9.17, 15) is 4.79 Å². The predicted octanol–water partition coefficient (Wildman–Crippen LogP) is 3.18. The molecule has 0 amide bonds. The fourth-order valence-corrected chi connectivity index (χ4v) is 4.77. The topological polar surface area (TPSA) is 56.0 Å². The Morgan fingerprint density at radius 2 is 2.00 bits per heavy atom. The van der Waals surface area contributed by atoms with Crippen LogP contribution in [0.3, 0.4) is 0 Å². The van der Waals surface area contributed by atoms with Crippen LogP contribution >= 0.6 is 11.3 Å². The molecule has 132 valence electrons. The minimum absolute atomic E-state index is 0.0183. The van der Waals surface area contributed by atoms with Crippen LogP contribution < -0.4 is 10.6 Å². The number of para-hydroxylation sites is 1. The van der Waals surface area contributed by atoms with E-state index in [4.69, 9.17) is 4.98 Å². The van der Waals surface area contributed by atoms with Crippen LogP contribution in [0.1, 0.15) is 18.9 Å². The average Bonchev–Trinajstić information content (AvgIpc) is 3.16. The summed E-state index contributed by atoms with van der Waals surface area (Å²) < 4.78 is 4.75. The van der Waals surface area contributed by atoms with Gasteiger partial charge in [-0.05, 0) is 37.1 Å². The van der Waals surface area contributed by atoms with Crippen LogP contribution in [0.15, 0.2) is 47.4 Å². The van der Waals surface area contributed by atoms with Crippen molar-refractivity contribution >= 4 is 37.8 Å². The van der Waals surface area contributed by atoms with Crippen molar-refractivity contribution in [1.82, 2.24) is 19.1 Å². The lowest BCUT2D eigenvalue weighted by atomic mass is 9.85. The van der Waals surface area contributed by atoms with Gasteiger partial charge in [0.25, 0.3) is 0 Å². The molecule has 0 aliphatic heterocycles. The zero-order valence-corrected chi connectivity index (χ0v) is 15.5. The number of hydrogen-bond acceptors (Lipinski definition) is 5. The molecule has 1 aliphatic rings. The van der Waals surface area contributed by atoms with Gasteiger partial charge in [-0.3, -0.25) is 9.13 Å². The highest BCUT2D eigenvalue weighted by molar-refractivity contribution is 7.22. The highest BCUT2D eigenvalue weighted by Crippen LogP contribution is 2.39. The summed E-state index contributed by atoms with van der Waals surface area (Å²) in [6.07, 6.45) is 3.62. The van der Waals surface area contributed by atoms with E-state index in [0.29, 0.717) is 6.04 Å². The second-order valence-corrected chi connectivity index (χ2v) is 7.92. The van der Waals surface area contributed by atoms with Crippen LogP contribution in [-0.2, 0) is 7.05 Å². The number of benzene rings is 1. The molecule has 26 heavy (non-hydrogen) atoms. The summed E-state index contributed by atoms with van der Waals surface area (Å²) in [6.45, 7) is 0. The van der Waals surface area contributed by atoms with Crippen molar-refractivity contribution in [2.24, 2.45) is 7.05 Å². The Labute approximate surface area is 154 Å². The number of aromatic nitrogens is 4. The van der Waals surface area contributed by atoms with Gasteiger partial charge in [-0.15, -0.1) is 0 Å². The molecule has 6 nitrogen and oxygen atoms in total. The molecule has 1 aromatic carbocycles. The maximum atomic E-state index is 12.6. The Kier molecular flexibility index (Phi) is 3.40. The Hall–Kier alpha value is -2.67. The van der Waals surface area contributed by atoms with Crippen molar-refractivity contribution < 1.29 is 0 Å². The Bertz CT molecular complexity index is 1130. The summed E-state index contributed by atoms with van der Waals surface area (Å²) >= 11 is 1.72. The number of pyridine rings is 1. The first-order valence-corrected chi connectivity index (χ1v) is 9.55. The summed E-state index contributed by atoms with van der Waals surface area (Å²) in [5.74, 6) is 0. The monoisotopic (exact) mass is 365 g/mol. The largest absolute Gasteiger partial charge is 0.348 e. The molecule has 7 heteroatoms. The van der Waals surface area contributed by atoms with Crippen molar-refractivity contribution in [2.45, 2.75) is 24.9 Å². The second kappa shape index (κ2) is 5.67. The highest BCUT2D eigenvalue weighted by atomic mass is 32.1. The van der Waals surface area contributed by atoms with Gasteiger partial charge >= 0.3 is 5.69 Å². The number of fused-ring (bicyclic) bond motifs is 2. The number of hydrogen-bond donors (Lipinski definition) is 0. The van der Waals surface area contributed by atoms with Gasteiger partial charge in [0.15, 0.2) is 10.8 Å². The first-order chi connectivity index (χ1) is 12.6. The molecule has 1 saturated carbocycles. The van der Waals surface area contributed by atoms with E-state index in [1.807, 2.05) is 41.9 Å². The van der Waals surface area contributed by atoms with Crippen LogP contribution in [0.25, 0.3) is 21.4 Å². The summed E-state index contributed by atoms with van der Waals surface area (Å²) in [4.78, 5) is 24.1. The molecule has 4 aromatic rings. The molecule has 0 N–H and O–H groups in total. The number of rotatable bonds is 3. The molecular formula is C19H19N5OS. The fraction of sp³-hybridized carbons (Fsp3) is 0.316. The van der Waals surface area contributed by atoms with Crippen molar-refractivity contribution in [3.05, 3.63) is 53.1 Å². The van der Waals surface area contributed by atoms with Gasteiger partial charge in [-0.25, -0.2) is 14.8 Å². The Balaban J connectivity index is 1.41. The average molecular weight is 365 g/mol. The molecule has 0 radical (unpaired) electrons. The number of thiazole rings is 1. The number of imidazole rings is 1. The Morgan fingerprint density at radius 1 is 1.19 bits per heavy atom. The molecule has 1 fully saturated rings. The molecule has 0 saturated heterocycles. The quantitative estimate of drug-likeness (QED) is 0.559. The maximum Gasteiger partial charge on any atom is 0.330 e. The van der Waals surface area contributed by atoms with E-state index < -0.39 is 0 Å². The van der Waals surface area contributed by atoms with Gasteiger partial charge in [-0.1, -0.05) is 23.5 Å². The van der Waals surface area contributed by atoms with Crippen LogP contribution in [0, 0.1) is 0 Å². The molecule has 1 aliphatic carbocycles. The number of aryl methyl sites for hydroxylation is 1. The fourth-order valence-electron chi connectivity index (χ4n) is 3.77. The molecule has 0 bridgehead atoms. The van der Waals surface area contributed by atoms with E-state index in [0.717, 1.165) is 34.7 Å². The molecule has 3 heterocycles. The van der Waals surface area contributed by atoms with Crippen LogP contribution in [0.5, 0.6) is 0 Å². The van der Waals surface area contributed by atoms with Gasteiger partial charge in [0, 0.05) is 32.4 Å². The van der Waals surface area contributed by atoms with Crippen molar-refractivity contribution in [3.8, 4) is 0 Å². The Morgan fingerprint density at radius 3 is 2.81 bits per heavy atom. The number of anilines is 1. The van der Waals surface area contributed by atoms with Gasteiger partial charge in [-0.2, -0.15) is 0 Å². The summed E-state index contributed by atoms with van der Waals surface area (Å²) in [6, 6.07) is 12.6. The highest BCUT2D eigenvalue weighted by Gasteiger charge is 2.36. The third-order valence-electron chi connectivity index (χ3n) is 5.43. The normalized spacial score (nSPS) is 19.8. The molecule has 0 spiro atoms. The van der Waals surface area contributed by atoms with Gasteiger partial charge in [0.1, 0.15) is 0 Å². The lowest BCUT2D eigenvalue weighted by molar-refractivity contribution is 0.257. The standard InChI is InChI=1S/C19H19N5OS/c1-22(18-21-14-6-3-4-8-16(14)26-18)12-10-13(11-12)24-17-15(7-5-9-20-17)23(2)19(24)25/h3-9,12-13H,10-11H2,1-2H3/t12-,13+. The third-order valence-corrected chi connectivity index (χ3v) is 6.56. The van der Waals surface area contributed by atoms with Crippen molar-refractivity contribution in [2.75, 3.05) is 11.9 Å². The van der Waals surface area contributed by atoms with Crippen LogP contribution in [-0.4, -0.2) is 32.2 Å². The zero-order chi connectivity index (χ0) is 17.8. The SMILES string of the molecule is Cn1c(=O)n([C@H]2C[C@@H](N(C)c3nc4ccccc4s3)C2)c2ncccc21. The summed E-state index contributed by atoms with van der Waals surface area (Å²) in [5.41, 5.74) is 2.74. The van der Waals surface area contributed by atoms with Crippen LogP contribution in [0.4, 0.5) is 5.13 Å². The van der Waals surface area contributed by atoms with E-state index in [1.54, 1.807) is 22.1 Å². The maximum absolute atomic E-state index is 12.6. The first kappa shape index (κ1) is 15.6. The van der Waals surface area contributed by atoms with Crippen LogP contribution in [0.2, 0.25) is 0 Å². The molecule has 3 aromatic heterocycles. The zero-order valence-electron chi connectivity index (χ0n) is 14.7. The molecule has 5 rings (SSSR count). The van der Waals surface area contributed by atoms with Gasteiger partial charge < -0.3 is 4.90 Å². The van der Waals surface area contributed by atoms with E-state index >= 15 is 0 Å². The van der Waals surface area contributed by atoms with Gasteiger partial charge in [0.2, 0.25) is 0 Å². The molecule has 0 atom stereocenters. The number of nitrogens with zero attached hydrogens (tertiary/aromatic N) is 5. The lowest BCUT2D eigenvalue weighted by Crippen LogP contribution is -2.45. The van der Waals surface area contributed by atoms with E-state index in [1.165, 1.54) is 4.70 Å². The van der Waals surface area contributed by atoms with E-state index in [-0.39, 0.29) is 11.7 Å². The van der Waals surface area contributed by atoms with Crippen molar-refractivity contribution in [1.29, 1.82) is 0 Å². The second-order valence-electron chi connectivity index (χ2n) is 6.91. The predicted molar refractivity (Wildman–Crippen MR) is 105 cm³/mol. The van der Waals surface area contributed by atoms with E-state index in [2.05, 4.69) is 23.0 Å². The minimum atomic E-state index is 0.0183. The molecule has 0 unspecified atom stereocenters. The van der Waals surface area contributed by atoms with Gasteiger partial charge in [0.05, 0.1) is 15.7 Å².